The van der Waals surface area contributed by atoms with E-state index in [0.717, 1.165) is 31.5 Å². The molecule has 0 bridgehead atoms. The normalized spacial score (nSPS) is 21.1. The van der Waals surface area contributed by atoms with Gasteiger partial charge in [0.15, 0.2) is 5.60 Å². The van der Waals surface area contributed by atoms with Crippen LogP contribution in [0.2, 0.25) is 0 Å². The third-order valence-corrected chi connectivity index (χ3v) is 7.31. The summed E-state index contributed by atoms with van der Waals surface area (Å²) in [6, 6.07) is 3.79. The van der Waals surface area contributed by atoms with Gasteiger partial charge in [0.25, 0.3) is 11.8 Å². The van der Waals surface area contributed by atoms with Gasteiger partial charge in [-0.25, -0.2) is 4.79 Å². The third kappa shape index (κ3) is 5.15. The molecule has 1 aromatic carbocycles. The maximum absolute atomic E-state index is 13.9. The van der Waals surface area contributed by atoms with Gasteiger partial charge in [-0.05, 0) is 57.9 Å². The molecule has 0 unspecified atom stereocenters. The van der Waals surface area contributed by atoms with E-state index in [0.29, 0.717) is 43.1 Å². The number of carbonyl (C=O) groups excluding carboxylic acids is 3. The van der Waals surface area contributed by atoms with E-state index in [1.807, 2.05) is 31.7 Å². The average molecular weight is 503 g/mol. The zero-order valence-electron chi connectivity index (χ0n) is 21.7. The molecule has 0 saturated carbocycles. The van der Waals surface area contributed by atoms with E-state index in [-0.39, 0.29) is 37.0 Å². The van der Waals surface area contributed by atoms with E-state index in [9.17, 15) is 14.4 Å². The Labute approximate surface area is 212 Å². The highest BCUT2D eigenvalue weighted by atomic mass is 16.5. The molecule has 10 heteroatoms. The molecule has 3 aliphatic heterocycles. The number of hydrogen-bond donors (Lipinski definition) is 2. The van der Waals surface area contributed by atoms with Crippen molar-refractivity contribution in [3.63, 3.8) is 0 Å². The van der Waals surface area contributed by atoms with Crippen LogP contribution in [0.3, 0.4) is 0 Å². The predicted octanol–water partition coefficient (Wildman–Crippen LogP) is 2.23. The predicted molar refractivity (Wildman–Crippen MR) is 135 cm³/mol. The fourth-order valence-corrected chi connectivity index (χ4v) is 5.42. The van der Waals surface area contributed by atoms with Crippen LogP contribution in [0.25, 0.3) is 0 Å². The van der Waals surface area contributed by atoms with Crippen molar-refractivity contribution in [1.82, 2.24) is 15.5 Å². The molecule has 0 radical (unpaired) electrons. The fraction of sp³-hybridized carbons (Fsp3) is 0.654. The number of benzene rings is 1. The van der Waals surface area contributed by atoms with Crippen molar-refractivity contribution < 1.29 is 28.6 Å². The summed E-state index contributed by atoms with van der Waals surface area (Å²) in [6.07, 6.45) is 2.31. The molecular formula is C26H38N4O6. The van der Waals surface area contributed by atoms with Gasteiger partial charge in [-0.15, -0.1) is 0 Å². The van der Waals surface area contributed by atoms with Gasteiger partial charge in [-0.3, -0.25) is 9.59 Å². The number of methoxy groups -OCH3 is 1. The SMILES string of the molecule is COC(=O)NCCN1C(=O)C2(CCOCC2)Oc2cc(C)c(C(=O)N(C(C)C)[C@@H]3CCCNC3)cc21. The molecule has 3 aliphatic rings. The minimum absolute atomic E-state index is 0.0292. The van der Waals surface area contributed by atoms with Crippen LogP contribution >= 0.6 is 0 Å². The standard InChI is InChI=1S/C26H38N4O6/c1-17(2)30(19-6-5-9-27-16-19)23(31)20-15-21-22(14-18(20)3)36-26(7-12-35-13-8-26)24(32)29(21)11-10-28-25(33)34-4/h14-15,17,19,27H,5-13,16H2,1-4H3,(H,28,33)/t19-/m1/s1. The van der Waals surface area contributed by atoms with Crippen LogP contribution in [0.1, 0.15) is 55.5 Å². The maximum Gasteiger partial charge on any atom is 0.406 e. The van der Waals surface area contributed by atoms with Crippen molar-refractivity contribution >= 4 is 23.6 Å². The fourth-order valence-electron chi connectivity index (χ4n) is 5.42. The quantitative estimate of drug-likeness (QED) is 0.614. The van der Waals surface area contributed by atoms with E-state index in [2.05, 4.69) is 15.4 Å². The Morgan fingerprint density at radius 1 is 1.31 bits per heavy atom. The Hall–Kier alpha value is -2.85. The van der Waals surface area contributed by atoms with Gasteiger partial charge >= 0.3 is 6.09 Å². The first-order chi connectivity index (χ1) is 17.3. The molecular weight excluding hydrogens is 464 g/mol. The van der Waals surface area contributed by atoms with Crippen LogP contribution in [0.15, 0.2) is 12.1 Å². The molecule has 0 aromatic heterocycles. The lowest BCUT2D eigenvalue weighted by Gasteiger charge is -2.44. The number of amides is 3. The molecule has 2 N–H and O–H groups in total. The Kier molecular flexibility index (Phi) is 8.04. The Morgan fingerprint density at radius 3 is 2.69 bits per heavy atom. The minimum atomic E-state index is -1.01. The van der Waals surface area contributed by atoms with E-state index >= 15 is 0 Å². The largest absolute Gasteiger partial charge is 0.475 e. The van der Waals surface area contributed by atoms with Crippen LogP contribution in [-0.4, -0.2) is 87.0 Å². The number of nitrogens with one attached hydrogen (secondary N) is 2. The molecule has 1 aromatic rings. The van der Waals surface area contributed by atoms with E-state index in [1.165, 1.54) is 7.11 Å². The summed E-state index contributed by atoms with van der Waals surface area (Å²) in [5, 5.41) is 6.05. The lowest BCUT2D eigenvalue weighted by atomic mass is 9.89. The van der Waals surface area contributed by atoms with E-state index in [1.54, 1.807) is 11.0 Å². The first-order valence-corrected chi connectivity index (χ1v) is 12.9. The van der Waals surface area contributed by atoms with Crippen molar-refractivity contribution in [2.75, 3.05) is 51.4 Å². The van der Waals surface area contributed by atoms with Crippen molar-refractivity contribution in [1.29, 1.82) is 0 Å². The Bertz CT molecular complexity index is 985. The molecule has 2 fully saturated rings. The van der Waals surface area contributed by atoms with Gasteiger partial charge in [0.1, 0.15) is 5.75 Å². The number of alkyl carbamates (subject to hydrolysis) is 1. The van der Waals surface area contributed by atoms with Crippen molar-refractivity contribution in [2.45, 2.75) is 64.1 Å². The zero-order chi connectivity index (χ0) is 25.9. The zero-order valence-corrected chi connectivity index (χ0v) is 21.7. The second kappa shape index (κ2) is 11.0. The van der Waals surface area contributed by atoms with Gasteiger partial charge in [0.2, 0.25) is 0 Å². The maximum atomic E-state index is 13.9. The first-order valence-electron chi connectivity index (χ1n) is 12.9. The molecule has 3 amide bonds. The monoisotopic (exact) mass is 502 g/mol. The molecule has 1 spiro atoms. The number of fused-ring (bicyclic) bond motifs is 1. The highest BCUT2D eigenvalue weighted by molar-refractivity contribution is 6.05. The van der Waals surface area contributed by atoms with Crippen LogP contribution in [0.4, 0.5) is 10.5 Å². The van der Waals surface area contributed by atoms with Crippen molar-refractivity contribution in [2.24, 2.45) is 0 Å². The summed E-state index contributed by atoms with van der Waals surface area (Å²) in [7, 11) is 1.30. The van der Waals surface area contributed by atoms with Crippen LogP contribution in [0.5, 0.6) is 5.75 Å². The van der Waals surface area contributed by atoms with Crippen LogP contribution in [-0.2, 0) is 14.3 Å². The van der Waals surface area contributed by atoms with Gasteiger partial charge < -0.3 is 34.6 Å². The summed E-state index contributed by atoms with van der Waals surface area (Å²) in [5.74, 6) is 0.342. The lowest BCUT2D eigenvalue weighted by Crippen LogP contribution is -2.59. The summed E-state index contributed by atoms with van der Waals surface area (Å²) < 4.78 is 16.5. The molecule has 2 saturated heterocycles. The number of carbonyl (C=O) groups is 3. The van der Waals surface area contributed by atoms with E-state index < -0.39 is 11.7 Å². The molecule has 36 heavy (non-hydrogen) atoms. The number of ether oxygens (including phenoxy) is 3. The molecule has 1 atom stereocenters. The van der Waals surface area contributed by atoms with Gasteiger partial charge in [-0.2, -0.15) is 0 Å². The average Bonchev–Trinajstić information content (AvgIpc) is 2.87. The smallest absolute Gasteiger partial charge is 0.406 e. The lowest BCUT2D eigenvalue weighted by molar-refractivity contribution is -0.144. The molecule has 10 nitrogen and oxygen atoms in total. The number of piperidine rings is 1. The Balaban J connectivity index is 1.69. The van der Waals surface area contributed by atoms with Crippen LogP contribution < -0.4 is 20.3 Å². The second-order valence-electron chi connectivity index (χ2n) is 10.0. The van der Waals surface area contributed by atoms with Crippen molar-refractivity contribution in [3.8, 4) is 5.75 Å². The first kappa shape index (κ1) is 26.2. The minimum Gasteiger partial charge on any atom is -0.475 e. The highest BCUT2D eigenvalue weighted by Crippen LogP contribution is 2.43. The van der Waals surface area contributed by atoms with Gasteiger partial charge in [-0.1, -0.05) is 0 Å². The highest BCUT2D eigenvalue weighted by Gasteiger charge is 2.49. The molecule has 3 heterocycles. The number of hydrogen-bond acceptors (Lipinski definition) is 7. The number of aryl methyl sites for hydroxylation is 1. The summed E-state index contributed by atoms with van der Waals surface area (Å²) in [6.45, 7) is 9.01. The van der Waals surface area contributed by atoms with Gasteiger partial charge in [0.05, 0.1) is 26.0 Å². The molecule has 198 valence electrons. The Morgan fingerprint density at radius 2 is 2.06 bits per heavy atom. The summed E-state index contributed by atoms with van der Waals surface area (Å²) >= 11 is 0. The summed E-state index contributed by atoms with van der Waals surface area (Å²) in [5.41, 5.74) is 0.894. The van der Waals surface area contributed by atoms with Gasteiger partial charge in [0, 0.05) is 50.1 Å². The summed E-state index contributed by atoms with van der Waals surface area (Å²) in [4.78, 5) is 42.9. The topological polar surface area (TPSA) is 109 Å². The number of anilines is 1. The van der Waals surface area contributed by atoms with Crippen molar-refractivity contribution in [3.05, 3.63) is 23.3 Å². The molecule has 4 rings (SSSR count). The number of nitrogens with zero attached hydrogens (tertiary/aromatic N) is 2. The van der Waals surface area contributed by atoms with Crippen LogP contribution in [0, 0.1) is 6.92 Å². The number of rotatable bonds is 6. The molecule has 0 aliphatic carbocycles. The third-order valence-electron chi connectivity index (χ3n) is 7.31. The second-order valence-corrected chi connectivity index (χ2v) is 10.0. The van der Waals surface area contributed by atoms with E-state index in [4.69, 9.17) is 9.47 Å².